The van der Waals surface area contributed by atoms with Crippen LogP contribution in [0.2, 0.25) is 0 Å². The maximum atomic E-state index is 12.5. The Bertz CT molecular complexity index is 1050. The zero-order valence-electron chi connectivity index (χ0n) is 15.5. The summed E-state index contributed by atoms with van der Waals surface area (Å²) in [4.78, 5) is 14.0. The molecular formula is C21H20N6O. The van der Waals surface area contributed by atoms with Gasteiger partial charge in [-0.05, 0) is 49.2 Å². The average molecular weight is 372 g/mol. The van der Waals surface area contributed by atoms with E-state index in [2.05, 4.69) is 20.6 Å². The molecule has 0 radical (unpaired) electrons. The third-order valence-corrected chi connectivity index (χ3v) is 4.39. The molecule has 1 amide bonds. The molecule has 1 N–H and O–H groups in total. The number of para-hydroxylation sites is 1. The molecule has 140 valence electrons. The van der Waals surface area contributed by atoms with E-state index in [9.17, 15) is 4.79 Å². The monoisotopic (exact) mass is 372 g/mol. The number of hydrogen-bond acceptors (Lipinski definition) is 4. The maximum absolute atomic E-state index is 12.5. The van der Waals surface area contributed by atoms with Gasteiger partial charge in [-0.1, -0.05) is 30.3 Å². The predicted octanol–water partition coefficient (Wildman–Crippen LogP) is 2.73. The van der Waals surface area contributed by atoms with Gasteiger partial charge in [-0.2, -0.15) is 15.0 Å². The summed E-state index contributed by atoms with van der Waals surface area (Å²) in [6.45, 7) is 2.31. The number of carbonyl (C=O) groups is 1. The first kappa shape index (κ1) is 17.7. The fourth-order valence-corrected chi connectivity index (χ4v) is 2.91. The lowest BCUT2D eigenvalue weighted by Gasteiger charge is -2.06. The summed E-state index contributed by atoms with van der Waals surface area (Å²) in [6, 6.07) is 19.5. The van der Waals surface area contributed by atoms with E-state index < -0.39 is 0 Å². The van der Waals surface area contributed by atoms with Gasteiger partial charge >= 0.3 is 0 Å². The van der Waals surface area contributed by atoms with Crippen molar-refractivity contribution in [3.05, 3.63) is 90.0 Å². The number of rotatable bonds is 6. The van der Waals surface area contributed by atoms with Crippen LogP contribution < -0.4 is 5.32 Å². The van der Waals surface area contributed by atoms with Gasteiger partial charge in [0, 0.05) is 18.9 Å². The first-order chi connectivity index (χ1) is 13.7. The zero-order valence-corrected chi connectivity index (χ0v) is 15.5. The van der Waals surface area contributed by atoms with Crippen LogP contribution in [0.15, 0.2) is 73.1 Å². The Hall–Kier alpha value is -3.74. The quantitative estimate of drug-likeness (QED) is 0.565. The van der Waals surface area contributed by atoms with E-state index in [1.165, 1.54) is 4.80 Å². The topological polar surface area (TPSA) is 77.6 Å². The standard InChI is InChI=1S/C21H20N6O/c1-16-20(25-27(24-16)19-6-3-2-4-7-19)21(28)22-14-12-17-8-10-18(11-9-17)26-15-5-13-23-26/h2-11,13,15H,12,14H2,1H3,(H,22,28). The molecule has 0 bridgehead atoms. The Morgan fingerprint density at radius 2 is 1.75 bits per heavy atom. The van der Waals surface area contributed by atoms with E-state index >= 15 is 0 Å². The summed E-state index contributed by atoms with van der Waals surface area (Å²) >= 11 is 0. The van der Waals surface area contributed by atoms with Crippen LogP contribution >= 0.6 is 0 Å². The highest BCUT2D eigenvalue weighted by Crippen LogP contribution is 2.10. The third-order valence-electron chi connectivity index (χ3n) is 4.39. The summed E-state index contributed by atoms with van der Waals surface area (Å²) in [5.41, 5.74) is 3.91. The molecule has 28 heavy (non-hydrogen) atoms. The van der Waals surface area contributed by atoms with Crippen molar-refractivity contribution in [2.24, 2.45) is 0 Å². The van der Waals surface area contributed by atoms with Crippen molar-refractivity contribution in [2.45, 2.75) is 13.3 Å². The molecule has 7 heteroatoms. The Balaban J connectivity index is 1.35. The fraction of sp³-hybridized carbons (Fsp3) is 0.143. The molecule has 0 aliphatic rings. The minimum atomic E-state index is -0.215. The molecule has 4 rings (SSSR count). The third kappa shape index (κ3) is 3.83. The lowest BCUT2D eigenvalue weighted by atomic mass is 10.1. The molecule has 7 nitrogen and oxygen atoms in total. The Morgan fingerprint density at radius 3 is 2.46 bits per heavy atom. The molecule has 0 spiro atoms. The van der Waals surface area contributed by atoms with E-state index in [0.717, 1.165) is 23.4 Å². The van der Waals surface area contributed by atoms with Gasteiger partial charge in [-0.15, -0.1) is 5.10 Å². The molecule has 0 saturated carbocycles. The van der Waals surface area contributed by atoms with Crippen molar-refractivity contribution in [3.63, 3.8) is 0 Å². The molecule has 0 aliphatic carbocycles. The average Bonchev–Trinajstić information content (AvgIpc) is 3.39. The lowest BCUT2D eigenvalue weighted by Crippen LogP contribution is -2.26. The fourth-order valence-electron chi connectivity index (χ4n) is 2.91. The maximum Gasteiger partial charge on any atom is 0.273 e. The van der Waals surface area contributed by atoms with Crippen LogP contribution in [0.5, 0.6) is 0 Å². The van der Waals surface area contributed by atoms with Gasteiger partial charge in [0.05, 0.1) is 17.1 Å². The molecule has 4 aromatic rings. The van der Waals surface area contributed by atoms with Crippen LogP contribution in [0, 0.1) is 6.92 Å². The summed E-state index contributed by atoms with van der Waals surface area (Å²) < 4.78 is 1.81. The van der Waals surface area contributed by atoms with Gasteiger partial charge in [-0.25, -0.2) is 4.68 Å². The number of benzene rings is 2. The van der Waals surface area contributed by atoms with Gasteiger partial charge < -0.3 is 5.32 Å². The number of hydrogen-bond donors (Lipinski definition) is 1. The van der Waals surface area contributed by atoms with Crippen molar-refractivity contribution in [3.8, 4) is 11.4 Å². The summed E-state index contributed by atoms with van der Waals surface area (Å²) in [5, 5.41) is 15.8. The van der Waals surface area contributed by atoms with E-state index in [4.69, 9.17) is 0 Å². The van der Waals surface area contributed by atoms with Gasteiger partial charge in [0.1, 0.15) is 0 Å². The normalized spacial score (nSPS) is 10.8. The van der Waals surface area contributed by atoms with Crippen LogP contribution in [0.3, 0.4) is 0 Å². The van der Waals surface area contributed by atoms with E-state index in [-0.39, 0.29) is 5.91 Å². The van der Waals surface area contributed by atoms with Crippen molar-refractivity contribution in [1.82, 2.24) is 30.1 Å². The van der Waals surface area contributed by atoms with E-state index in [0.29, 0.717) is 17.9 Å². The summed E-state index contributed by atoms with van der Waals surface area (Å²) in [5.74, 6) is -0.215. The highest BCUT2D eigenvalue weighted by atomic mass is 16.2. The zero-order chi connectivity index (χ0) is 19.3. The van der Waals surface area contributed by atoms with Crippen LogP contribution in [0.25, 0.3) is 11.4 Å². The molecule has 0 unspecified atom stereocenters. The van der Waals surface area contributed by atoms with Crippen LogP contribution in [-0.4, -0.2) is 37.2 Å². The number of carbonyl (C=O) groups excluding carboxylic acids is 1. The summed E-state index contributed by atoms with van der Waals surface area (Å²) in [6.07, 6.45) is 4.39. The molecule has 0 fully saturated rings. The first-order valence-corrected chi connectivity index (χ1v) is 9.07. The largest absolute Gasteiger partial charge is 0.350 e. The first-order valence-electron chi connectivity index (χ1n) is 9.07. The molecule has 0 aliphatic heterocycles. The Kier molecular flexibility index (Phi) is 4.97. The molecule has 0 atom stereocenters. The molecule has 2 aromatic carbocycles. The SMILES string of the molecule is Cc1nn(-c2ccccc2)nc1C(=O)NCCc1ccc(-n2cccn2)cc1. The molecule has 2 heterocycles. The number of aromatic nitrogens is 5. The molecule has 2 aromatic heterocycles. The lowest BCUT2D eigenvalue weighted by molar-refractivity contribution is 0.0948. The van der Waals surface area contributed by atoms with Crippen LogP contribution in [0.1, 0.15) is 21.7 Å². The van der Waals surface area contributed by atoms with Crippen molar-refractivity contribution in [2.75, 3.05) is 6.54 Å². The smallest absolute Gasteiger partial charge is 0.273 e. The van der Waals surface area contributed by atoms with Crippen molar-refractivity contribution >= 4 is 5.91 Å². The van der Waals surface area contributed by atoms with E-state index in [1.807, 2.05) is 71.5 Å². The van der Waals surface area contributed by atoms with Crippen molar-refractivity contribution < 1.29 is 4.79 Å². The number of amides is 1. The highest BCUT2D eigenvalue weighted by molar-refractivity contribution is 5.93. The van der Waals surface area contributed by atoms with E-state index in [1.54, 1.807) is 13.1 Å². The second-order valence-electron chi connectivity index (χ2n) is 6.38. The predicted molar refractivity (Wildman–Crippen MR) is 106 cm³/mol. The second-order valence-corrected chi connectivity index (χ2v) is 6.38. The van der Waals surface area contributed by atoms with Gasteiger partial charge in [-0.3, -0.25) is 4.79 Å². The van der Waals surface area contributed by atoms with Crippen LogP contribution in [-0.2, 0) is 6.42 Å². The second kappa shape index (κ2) is 7.87. The van der Waals surface area contributed by atoms with Crippen LogP contribution in [0.4, 0.5) is 0 Å². The Morgan fingerprint density at radius 1 is 0.964 bits per heavy atom. The van der Waals surface area contributed by atoms with Gasteiger partial charge in [0.2, 0.25) is 0 Å². The molecule has 0 saturated heterocycles. The summed E-state index contributed by atoms with van der Waals surface area (Å²) in [7, 11) is 0. The Labute approximate surface area is 162 Å². The minimum absolute atomic E-state index is 0.215. The minimum Gasteiger partial charge on any atom is -0.350 e. The van der Waals surface area contributed by atoms with Gasteiger partial charge in [0.25, 0.3) is 5.91 Å². The number of nitrogens with zero attached hydrogens (tertiary/aromatic N) is 5. The number of aryl methyl sites for hydroxylation is 1. The van der Waals surface area contributed by atoms with Crippen molar-refractivity contribution in [1.29, 1.82) is 0 Å². The molecular weight excluding hydrogens is 352 g/mol. The highest BCUT2D eigenvalue weighted by Gasteiger charge is 2.15. The number of nitrogens with one attached hydrogen (secondary N) is 1. The van der Waals surface area contributed by atoms with Gasteiger partial charge in [0.15, 0.2) is 5.69 Å².